The van der Waals surface area contributed by atoms with Crippen molar-refractivity contribution < 1.29 is 17.9 Å². The molecule has 0 radical (unpaired) electrons. The third kappa shape index (κ3) is 3.86. The van der Waals surface area contributed by atoms with Crippen LogP contribution in [0.1, 0.15) is 17.4 Å². The van der Waals surface area contributed by atoms with Gasteiger partial charge >= 0.3 is 0 Å². The second-order valence-corrected chi connectivity index (χ2v) is 7.15. The number of hydrogen-bond donors (Lipinski definition) is 2. The standard InChI is InChI=1S/C13H22N4O4S/c1-10(17-3-5-21-6-4-17)8-15-22(19,20)11-7-12(13(14)18)16(2)9-11/h7,9-10,15H,3-6,8H2,1-2H3,(H2,14,18). The fourth-order valence-electron chi connectivity index (χ4n) is 2.39. The molecule has 1 fully saturated rings. The van der Waals surface area contributed by atoms with E-state index in [1.54, 1.807) is 7.05 Å². The summed E-state index contributed by atoms with van der Waals surface area (Å²) in [5.74, 6) is -0.661. The molecule has 1 aromatic heterocycles. The summed E-state index contributed by atoms with van der Waals surface area (Å²) in [5, 5.41) is 0. The lowest BCUT2D eigenvalue weighted by atomic mass is 10.2. The smallest absolute Gasteiger partial charge is 0.265 e. The lowest BCUT2D eigenvalue weighted by Gasteiger charge is -2.32. The van der Waals surface area contributed by atoms with E-state index in [1.165, 1.54) is 16.8 Å². The molecule has 1 amide bonds. The number of nitrogens with zero attached hydrogens (tertiary/aromatic N) is 2. The van der Waals surface area contributed by atoms with Gasteiger partial charge in [0.2, 0.25) is 10.0 Å². The van der Waals surface area contributed by atoms with Gasteiger partial charge in [0.15, 0.2) is 0 Å². The molecule has 9 heteroatoms. The molecule has 22 heavy (non-hydrogen) atoms. The maximum atomic E-state index is 12.3. The highest BCUT2D eigenvalue weighted by molar-refractivity contribution is 7.89. The van der Waals surface area contributed by atoms with Crippen molar-refractivity contribution in [3.8, 4) is 0 Å². The zero-order valence-electron chi connectivity index (χ0n) is 12.8. The number of nitrogens with two attached hydrogens (primary N) is 1. The van der Waals surface area contributed by atoms with E-state index >= 15 is 0 Å². The van der Waals surface area contributed by atoms with Crippen molar-refractivity contribution in [2.24, 2.45) is 12.8 Å². The average Bonchev–Trinajstić information content (AvgIpc) is 2.89. The quantitative estimate of drug-likeness (QED) is 0.705. The molecule has 8 nitrogen and oxygen atoms in total. The van der Waals surface area contributed by atoms with E-state index in [0.717, 1.165) is 13.1 Å². The van der Waals surface area contributed by atoms with Gasteiger partial charge in [0.25, 0.3) is 5.91 Å². The number of amides is 1. The minimum Gasteiger partial charge on any atom is -0.379 e. The highest BCUT2D eigenvalue weighted by atomic mass is 32.2. The van der Waals surface area contributed by atoms with Crippen molar-refractivity contribution in [3.05, 3.63) is 18.0 Å². The number of rotatable bonds is 6. The number of aromatic nitrogens is 1. The molecule has 1 saturated heterocycles. The molecule has 124 valence electrons. The molecule has 0 saturated carbocycles. The molecule has 0 bridgehead atoms. The van der Waals surface area contributed by atoms with Crippen molar-refractivity contribution in [3.63, 3.8) is 0 Å². The van der Waals surface area contributed by atoms with Crippen LogP contribution in [0.25, 0.3) is 0 Å². The number of sulfonamides is 1. The Morgan fingerprint density at radius 2 is 2.09 bits per heavy atom. The number of carbonyl (C=O) groups excluding carboxylic acids is 1. The van der Waals surface area contributed by atoms with Crippen LogP contribution >= 0.6 is 0 Å². The van der Waals surface area contributed by atoms with Crippen molar-refractivity contribution in [1.29, 1.82) is 0 Å². The van der Waals surface area contributed by atoms with Gasteiger partial charge in [0.05, 0.1) is 13.2 Å². The summed E-state index contributed by atoms with van der Waals surface area (Å²) in [7, 11) is -2.09. The van der Waals surface area contributed by atoms with Gasteiger partial charge in [-0.2, -0.15) is 0 Å². The third-order valence-corrected chi connectivity index (χ3v) is 5.17. The van der Waals surface area contributed by atoms with Crippen LogP contribution < -0.4 is 10.5 Å². The SMILES string of the molecule is CC(CNS(=O)(=O)c1cc(C(N)=O)n(C)c1)N1CCOCC1. The highest BCUT2D eigenvalue weighted by Gasteiger charge is 2.22. The molecule has 1 aliphatic heterocycles. The fraction of sp³-hybridized carbons (Fsp3) is 0.615. The lowest BCUT2D eigenvalue weighted by Crippen LogP contribution is -2.47. The first-order chi connectivity index (χ1) is 10.3. The second kappa shape index (κ2) is 6.78. The molecule has 1 aliphatic rings. The Morgan fingerprint density at radius 3 is 2.64 bits per heavy atom. The minimum absolute atomic E-state index is 0.0398. The normalized spacial score (nSPS) is 18.3. The van der Waals surface area contributed by atoms with Crippen LogP contribution in [0, 0.1) is 0 Å². The molecule has 2 rings (SSSR count). The maximum Gasteiger partial charge on any atom is 0.265 e. The van der Waals surface area contributed by atoms with Gasteiger partial charge in [-0.1, -0.05) is 0 Å². The Balaban J connectivity index is 2.01. The monoisotopic (exact) mass is 330 g/mol. The Labute approximate surface area is 130 Å². The maximum absolute atomic E-state index is 12.3. The molecule has 1 atom stereocenters. The van der Waals surface area contributed by atoms with E-state index in [2.05, 4.69) is 9.62 Å². The van der Waals surface area contributed by atoms with Crippen LogP contribution in [0.5, 0.6) is 0 Å². The summed E-state index contributed by atoms with van der Waals surface area (Å²) in [6, 6.07) is 1.35. The summed E-state index contributed by atoms with van der Waals surface area (Å²) in [4.78, 5) is 13.4. The largest absolute Gasteiger partial charge is 0.379 e. The minimum atomic E-state index is -3.67. The summed E-state index contributed by atoms with van der Waals surface area (Å²) in [6.07, 6.45) is 1.38. The first-order valence-corrected chi connectivity index (χ1v) is 8.57. The van der Waals surface area contributed by atoms with E-state index in [0.29, 0.717) is 19.8 Å². The molecule has 1 unspecified atom stereocenters. The molecule has 0 spiro atoms. The zero-order chi connectivity index (χ0) is 16.3. The van der Waals surface area contributed by atoms with Crippen LogP contribution in [0.2, 0.25) is 0 Å². The van der Waals surface area contributed by atoms with E-state index in [9.17, 15) is 13.2 Å². The lowest BCUT2D eigenvalue weighted by molar-refractivity contribution is 0.0213. The van der Waals surface area contributed by atoms with Crippen molar-refractivity contribution >= 4 is 15.9 Å². The van der Waals surface area contributed by atoms with Crippen molar-refractivity contribution in [1.82, 2.24) is 14.2 Å². The van der Waals surface area contributed by atoms with Crippen LogP contribution in [0.15, 0.2) is 17.2 Å². The van der Waals surface area contributed by atoms with Gasteiger partial charge < -0.3 is 15.0 Å². The summed E-state index contributed by atoms with van der Waals surface area (Å²) >= 11 is 0. The molecule has 0 aromatic carbocycles. The van der Waals surface area contributed by atoms with E-state index < -0.39 is 15.9 Å². The molecule has 2 heterocycles. The van der Waals surface area contributed by atoms with E-state index in [4.69, 9.17) is 10.5 Å². The first kappa shape index (κ1) is 16.9. The van der Waals surface area contributed by atoms with Gasteiger partial charge in [-0.15, -0.1) is 0 Å². The Morgan fingerprint density at radius 1 is 1.45 bits per heavy atom. The third-order valence-electron chi connectivity index (χ3n) is 3.78. The number of aryl methyl sites for hydroxylation is 1. The molecule has 0 aliphatic carbocycles. The first-order valence-electron chi connectivity index (χ1n) is 7.09. The van der Waals surface area contributed by atoms with Crippen LogP contribution in [-0.2, 0) is 21.8 Å². The van der Waals surface area contributed by atoms with Gasteiger partial charge in [-0.3, -0.25) is 9.69 Å². The Hall–Kier alpha value is -1.42. The van der Waals surface area contributed by atoms with Crippen LogP contribution in [0.4, 0.5) is 0 Å². The van der Waals surface area contributed by atoms with Gasteiger partial charge in [0, 0.05) is 38.9 Å². The van der Waals surface area contributed by atoms with Crippen molar-refractivity contribution in [2.75, 3.05) is 32.8 Å². The average molecular weight is 330 g/mol. The van der Waals surface area contributed by atoms with E-state index in [-0.39, 0.29) is 16.6 Å². The topological polar surface area (TPSA) is 107 Å². The molecule has 3 N–H and O–H groups in total. The fourth-order valence-corrected chi connectivity index (χ4v) is 3.58. The van der Waals surface area contributed by atoms with Crippen LogP contribution in [0.3, 0.4) is 0 Å². The Kier molecular flexibility index (Phi) is 5.22. The predicted octanol–water partition coefficient (Wildman–Crippen LogP) is -0.877. The predicted molar refractivity (Wildman–Crippen MR) is 81.0 cm³/mol. The number of ether oxygens (including phenoxy) is 1. The number of nitrogens with one attached hydrogen (secondary N) is 1. The summed E-state index contributed by atoms with van der Waals surface area (Å²) in [6.45, 7) is 5.17. The molecular weight excluding hydrogens is 308 g/mol. The molecular formula is C13H22N4O4S. The summed E-state index contributed by atoms with van der Waals surface area (Å²) in [5.41, 5.74) is 5.35. The number of morpholine rings is 1. The van der Waals surface area contributed by atoms with E-state index in [1.807, 2.05) is 6.92 Å². The zero-order valence-corrected chi connectivity index (χ0v) is 13.6. The number of carbonyl (C=O) groups is 1. The van der Waals surface area contributed by atoms with Crippen LogP contribution in [-0.4, -0.2) is 62.7 Å². The Bertz CT molecular complexity index is 634. The highest BCUT2D eigenvalue weighted by Crippen LogP contribution is 2.13. The number of primary amides is 1. The molecule has 1 aromatic rings. The van der Waals surface area contributed by atoms with Crippen molar-refractivity contribution in [2.45, 2.75) is 17.9 Å². The van der Waals surface area contributed by atoms with Gasteiger partial charge in [-0.05, 0) is 13.0 Å². The van der Waals surface area contributed by atoms with Gasteiger partial charge in [-0.25, -0.2) is 13.1 Å². The second-order valence-electron chi connectivity index (χ2n) is 5.39. The van der Waals surface area contributed by atoms with Gasteiger partial charge in [0.1, 0.15) is 10.6 Å². The number of hydrogen-bond acceptors (Lipinski definition) is 5. The summed E-state index contributed by atoms with van der Waals surface area (Å²) < 4.78 is 33.8.